The van der Waals surface area contributed by atoms with E-state index in [2.05, 4.69) is 15.5 Å². The smallest absolute Gasteiger partial charge is 0.348 e. The Bertz CT molecular complexity index is 845. The van der Waals surface area contributed by atoms with Gasteiger partial charge in [0.2, 0.25) is 6.41 Å². The van der Waals surface area contributed by atoms with Crippen LogP contribution in [0.25, 0.3) is 5.65 Å². The summed E-state index contributed by atoms with van der Waals surface area (Å²) >= 11 is 0. The van der Waals surface area contributed by atoms with E-state index < -0.39 is 17.8 Å². The van der Waals surface area contributed by atoms with Gasteiger partial charge in [0, 0.05) is 6.20 Å². The first-order valence-corrected chi connectivity index (χ1v) is 7.14. The molecule has 24 heavy (non-hydrogen) atoms. The molecule has 0 aliphatic rings. The van der Waals surface area contributed by atoms with Gasteiger partial charge in [0.25, 0.3) is 0 Å². The Morgan fingerprint density at radius 1 is 1.12 bits per heavy atom. The molecule has 2 heterocycles. The average molecular weight is 334 g/mol. The number of benzene rings is 1. The summed E-state index contributed by atoms with van der Waals surface area (Å²) in [4.78, 5) is 10.9. The monoisotopic (exact) mass is 334 g/mol. The van der Waals surface area contributed by atoms with Gasteiger partial charge in [0.15, 0.2) is 11.5 Å². The second-order valence-corrected chi connectivity index (χ2v) is 5.23. The molecule has 0 saturated carbocycles. The van der Waals surface area contributed by atoms with Crippen molar-refractivity contribution in [2.45, 2.75) is 18.6 Å². The molecule has 0 aliphatic heterocycles. The van der Waals surface area contributed by atoms with E-state index in [1.807, 2.05) is 30.3 Å². The standard InChI is InChI=1S/C16H13F3N4O/c17-16(18,19)12-6-7-14-21-22-15(23(14)9-12)13(20-10-24)8-11-4-2-1-3-5-11/h1-7,9-10,13H,8H2,(H,20,24)/t13-/m1/s1. The van der Waals surface area contributed by atoms with Gasteiger partial charge in [-0.2, -0.15) is 13.2 Å². The van der Waals surface area contributed by atoms with Gasteiger partial charge in [-0.1, -0.05) is 30.3 Å². The number of rotatable bonds is 5. The Morgan fingerprint density at radius 2 is 1.88 bits per heavy atom. The largest absolute Gasteiger partial charge is 0.417 e. The quantitative estimate of drug-likeness (QED) is 0.730. The average Bonchev–Trinajstić information content (AvgIpc) is 2.97. The lowest BCUT2D eigenvalue weighted by atomic mass is 10.1. The minimum atomic E-state index is -4.47. The molecule has 1 amide bonds. The molecule has 124 valence electrons. The van der Waals surface area contributed by atoms with E-state index in [-0.39, 0.29) is 11.5 Å². The molecule has 5 nitrogen and oxygen atoms in total. The van der Waals surface area contributed by atoms with Crippen molar-refractivity contribution < 1.29 is 18.0 Å². The number of fused-ring (bicyclic) bond motifs is 1. The Hall–Kier alpha value is -2.90. The normalized spacial score (nSPS) is 13.0. The summed E-state index contributed by atoms with van der Waals surface area (Å²) < 4.78 is 40.0. The van der Waals surface area contributed by atoms with E-state index in [9.17, 15) is 18.0 Å². The van der Waals surface area contributed by atoms with E-state index in [1.165, 1.54) is 10.5 Å². The van der Waals surface area contributed by atoms with Crippen LogP contribution in [0.4, 0.5) is 13.2 Å². The van der Waals surface area contributed by atoms with Crippen LogP contribution in [0.15, 0.2) is 48.7 Å². The Labute approximate surface area is 135 Å². The lowest BCUT2D eigenvalue weighted by molar-refractivity contribution is -0.137. The van der Waals surface area contributed by atoms with Crippen LogP contribution in [0.5, 0.6) is 0 Å². The van der Waals surface area contributed by atoms with Crippen LogP contribution in [-0.2, 0) is 17.4 Å². The Morgan fingerprint density at radius 3 is 2.54 bits per heavy atom. The predicted octanol–water partition coefficient (Wildman–Crippen LogP) is 2.78. The zero-order valence-corrected chi connectivity index (χ0v) is 12.4. The van der Waals surface area contributed by atoms with Crippen LogP contribution >= 0.6 is 0 Å². The molecule has 3 rings (SSSR count). The van der Waals surface area contributed by atoms with E-state index in [4.69, 9.17) is 0 Å². The third-order valence-corrected chi connectivity index (χ3v) is 3.62. The fourth-order valence-corrected chi connectivity index (χ4v) is 2.47. The maximum atomic E-state index is 12.9. The van der Waals surface area contributed by atoms with Gasteiger partial charge in [-0.3, -0.25) is 9.20 Å². The molecule has 2 aromatic heterocycles. The van der Waals surface area contributed by atoms with Crippen molar-refractivity contribution >= 4 is 12.1 Å². The number of aromatic nitrogens is 3. The molecule has 8 heteroatoms. The summed E-state index contributed by atoms with van der Waals surface area (Å²) in [6.07, 6.45) is -2.64. The molecule has 3 aromatic rings. The molecule has 0 aliphatic carbocycles. The molecular formula is C16H13F3N4O. The highest BCUT2D eigenvalue weighted by Gasteiger charge is 2.31. The van der Waals surface area contributed by atoms with E-state index in [0.29, 0.717) is 12.8 Å². The number of nitrogens with one attached hydrogen (secondary N) is 1. The van der Waals surface area contributed by atoms with Gasteiger partial charge in [-0.25, -0.2) is 0 Å². The van der Waals surface area contributed by atoms with Crippen LogP contribution in [0.2, 0.25) is 0 Å². The molecule has 0 fully saturated rings. The molecular weight excluding hydrogens is 321 g/mol. The molecule has 1 aromatic carbocycles. The summed E-state index contributed by atoms with van der Waals surface area (Å²) in [6.45, 7) is 0. The topological polar surface area (TPSA) is 59.3 Å². The number of nitrogens with zero attached hydrogens (tertiary/aromatic N) is 3. The highest BCUT2D eigenvalue weighted by atomic mass is 19.4. The van der Waals surface area contributed by atoms with Gasteiger partial charge < -0.3 is 5.32 Å². The molecule has 0 spiro atoms. The minimum absolute atomic E-state index is 0.243. The van der Waals surface area contributed by atoms with Crippen LogP contribution in [0, 0.1) is 0 Å². The third-order valence-electron chi connectivity index (χ3n) is 3.62. The molecule has 1 N–H and O–H groups in total. The number of hydrogen-bond donors (Lipinski definition) is 1. The first kappa shape index (κ1) is 16.0. The number of alkyl halides is 3. The summed E-state index contributed by atoms with van der Waals surface area (Å²) in [5.74, 6) is 0.243. The SMILES string of the molecule is O=CN[C@H](Cc1ccccc1)c1nnc2ccc(C(F)(F)F)cn12. The van der Waals surface area contributed by atoms with Gasteiger partial charge in [0.1, 0.15) is 0 Å². The molecule has 0 bridgehead atoms. The zero-order valence-electron chi connectivity index (χ0n) is 12.4. The van der Waals surface area contributed by atoms with Crippen molar-refractivity contribution in [3.63, 3.8) is 0 Å². The Kier molecular flexibility index (Phi) is 4.20. The second-order valence-electron chi connectivity index (χ2n) is 5.23. The van der Waals surface area contributed by atoms with Crippen LogP contribution in [0.1, 0.15) is 23.0 Å². The Balaban J connectivity index is 2.02. The number of carbonyl (C=O) groups is 1. The molecule has 0 saturated heterocycles. The predicted molar refractivity (Wildman–Crippen MR) is 80.1 cm³/mol. The minimum Gasteiger partial charge on any atom is -0.348 e. The maximum Gasteiger partial charge on any atom is 0.417 e. The van der Waals surface area contributed by atoms with Crippen molar-refractivity contribution in [3.8, 4) is 0 Å². The highest BCUT2D eigenvalue weighted by Crippen LogP contribution is 2.30. The van der Waals surface area contributed by atoms with Crippen LogP contribution in [0.3, 0.4) is 0 Å². The van der Waals surface area contributed by atoms with Crippen molar-refractivity contribution in [2.75, 3.05) is 0 Å². The summed E-state index contributed by atoms with van der Waals surface area (Å²) in [5.41, 5.74) is 0.393. The first-order valence-electron chi connectivity index (χ1n) is 7.14. The fraction of sp³-hybridized carbons (Fsp3) is 0.188. The van der Waals surface area contributed by atoms with E-state index >= 15 is 0 Å². The van der Waals surface area contributed by atoms with Crippen molar-refractivity contribution in [1.29, 1.82) is 0 Å². The number of halogens is 3. The van der Waals surface area contributed by atoms with E-state index in [1.54, 1.807) is 0 Å². The third kappa shape index (κ3) is 3.22. The molecule has 1 atom stereocenters. The van der Waals surface area contributed by atoms with Crippen molar-refractivity contribution in [1.82, 2.24) is 19.9 Å². The summed E-state index contributed by atoms with van der Waals surface area (Å²) in [7, 11) is 0. The van der Waals surface area contributed by atoms with Gasteiger partial charge in [-0.05, 0) is 24.1 Å². The number of pyridine rings is 1. The van der Waals surface area contributed by atoms with Crippen LogP contribution < -0.4 is 5.32 Å². The van der Waals surface area contributed by atoms with Crippen molar-refractivity contribution in [2.24, 2.45) is 0 Å². The van der Waals surface area contributed by atoms with Gasteiger partial charge in [-0.15, -0.1) is 10.2 Å². The number of amides is 1. The van der Waals surface area contributed by atoms with Gasteiger partial charge in [0.05, 0.1) is 11.6 Å². The zero-order chi connectivity index (χ0) is 17.2. The fourth-order valence-electron chi connectivity index (χ4n) is 2.47. The molecule has 0 unspecified atom stereocenters. The number of hydrogen-bond acceptors (Lipinski definition) is 3. The van der Waals surface area contributed by atoms with Crippen molar-refractivity contribution in [3.05, 3.63) is 65.6 Å². The van der Waals surface area contributed by atoms with Gasteiger partial charge >= 0.3 is 6.18 Å². The number of carbonyl (C=O) groups excluding carboxylic acids is 1. The highest BCUT2D eigenvalue weighted by molar-refractivity contribution is 5.48. The lowest BCUT2D eigenvalue weighted by Crippen LogP contribution is -2.24. The summed E-state index contributed by atoms with van der Waals surface area (Å²) in [6, 6.07) is 10.9. The summed E-state index contributed by atoms with van der Waals surface area (Å²) in [5, 5.41) is 10.4. The first-order chi connectivity index (χ1) is 11.5. The maximum absolute atomic E-state index is 12.9. The van der Waals surface area contributed by atoms with Crippen LogP contribution in [-0.4, -0.2) is 21.0 Å². The second kappa shape index (κ2) is 6.31. The molecule has 0 radical (unpaired) electrons. The lowest BCUT2D eigenvalue weighted by Gasteiger charge is -2.15. The van der Waals surface area contributed by atoms with E-state index in [0.717, 1.165) is 17.8 Å².